The Labute approximate surface area is 138 Å². The smallest absolute Gasteiger partial charge is 0.227 e. The van der Waals surface area contributed by atoms with Crippen LogP contribution in [-0.4, -0.2) is 22.0 Å². The number of carbonyl (C=O) groups excluding carboxylic acids is 2. The second-order valence-electron chi connectivity index (χ2n) is 5.49. The number of nitrogens with one attached hydrogen (secondary N) is 2. The molecule has 0 spiro atoms. The highest BCUT2D eigenvalue weighted by Gasteiger charge is 2.26. The number of hydrogen-bond acceptors (Lipinski definition) is 5. The van der Waals surface area contributed by atoms with Crippen LogP contribution < -0.4 is 10.6 Å². The minimum absolute atomic E-state index is 0.0133. The van der Waals surface area contributed by atoms with Crippen molar-refractivity contribution in [3.05, 3.63) is 34.8 Å². The number of aromatic nitrogens is 2. The van der Waals surface area contributed by atoms with E-state index in [1.807, 2.05) is 31.2 Å². The Morgan fingerprint density at radius 2 is 2.22 bits per heavy atom. The van der Waals surface area contributed by atoms with E-state index in [-0.39, 0.29) is 17.7 Å². The van der Waals surface area contributed by atoms with E-state index in [9.17, 15) is 9.59 Å². The van der Waals surface area contributed by atoms with Gasteiger partial charge in [0.1, 0.15) is 5.01 Å². The molecule has 6 nitrogen and oxygen atoms in total. The van der Waals surface area contributed by atoms with Crippen molar-refractivity contribution in [3.8, 4) is 0 Å². The van der Waals surface area contributed by atoms with E-state index in [1.165, 1.54) is 11.3 Å². The van der Waals surface area contributed by atoms with E-state index in [0.717, 1.165) is 22.7 Å². The van der Waals surface area contributed by atoms with Crippen molar-refractivity contribution in [2.45, 2.75) is 32.6 Å². The molecule has 2 amide bonds. The van der Waals surface area contributed by atoms with Crippen molar-refractivity contribution in [1.29, 1.82) is 0 Å². The highest BCUT2D eigenvalue weighted by atomic mass is 32.1. The molecule has 0 aliphatic carbocycles. The lowest BCUT2D eigenvalue weighted by atomic mass is 9.89. The first kappa shape index (κ1) is 15.6. The maximum absolute atomic E-state index is 12.1. The summed E-state index contributed by atoms with van der Waals surface area (Å²) in [7, 11) is 0. The summed E-state index contributed by atoms with van der Waals surface area (Å²) in [6.45, 7) is 1.99. The maximum Gasteiger partial charge on any atom is 0.227 e. The van der Waals surface area contributed by atoms with Crippen molar-refractivity contribution in [2.75, 3.05) is 10.6 Å². The molecule has 7 heteroatoms. The van der Waals surface area contributed by atoms with Gasteiger partial charge in [-0.25, -0.2) is 0 Å². The maximum atomic E-state index is 12.1. The zero-order valence-electron chi connectivity index (χ0n) is 12.8. The average molecular weight is 330 g/mol. The normalized spacial score (nSPS) is 16.6. The molecule has 0 unspecified atom stereocenters. The molecular weight excluding hydrogens is 312 g/mol. The number of anilines is 2. The second kappa shape index (κ2) is 6.87. The van der Waals surface area contributed by atoms with E-state index in [1.54, 1.807) is 0 Å². The van der Waals surface area contributed by atoms with Gasteiger partial charge in [-0.1, -0.05) is 36.5 Å². The molecule has 1 aliphatic heterocycles. The Morgan fingerprint density at radius 3 is 3.00 bits per heavy atom. The van der Waals surface area contributed by atoms with E-state index >= 15 is 0 Å². The van der Waals surface area contributed by atoms with E-state index < -0.39 is 0 Å². The van der Waals surface area contributed by atoms with Crippen molar-refractivity contribution in [1.82, 2.24) is 10.2 Å². The van der Waals surface area contributed by atoms with Gasteiger partial charge in [-0.3, -0.25) is 9.59 Å². The van der Waals surface area contributed by atoms with Crippen LogP contribution in [0.2, 0.25) is 0 Å². The van der Waals surface area contributed by atoms with E-state index in [2.05, 4.69) is 20.8 Å². The molecule has 2 heterocycles. The van der Waals surface area contributed by atoms with Crippen molar-refractivity contribution in [2.24, 2.45) is 5.92 Å². The molecule has 0 radical (unpaired) electrons. The third-order valence-corrected chi connectivity index (χ3v) is 4.83. The van der Waals surface area contributed by atoms with Crippen molar-refractivity contribution < 1.29 is 9.59 Å². The lowest BCUT2D eigenvalue weighted by molar-refractivity contribution is -0.121. The third kappa shape index (κ3) is 3.73. The molecule has 2 aromatic rings. The Hall–Kier alpha value is -2.28. The Balaban J connectivity index is 1.54. The summed E-state index contributed by atoms with van der Waals surface area (Å²) in [5.41, 5.74) is 1.99. The molecule has 0 fully saturated rings. The summed E-state index contributed by atoms with van der Waals surface area (Å²) in [5.74, 6) is -0.313. The summed E-state index contributed by atoms with van der Waals surface area (Å²) >= 11 is 1.38. The molecule has 0 saturated heterocycles. The van der Waals surface area contributed by atoms with Crippen LogP contribution in [0.25, 0.3) is 0 Å². The number of hydrogen-bond donors (Lipinski definition) is 2. The molecule has 0 saturated carbocycles. The van der Waals surface area contributed by atoms with Crippen LogP contribution in [0.3, 0.4) is 0 Å². The first-order valence-electron chi connectivity index (χ1n) is 7.66. The fourth-order valence-electron chi connectivity index (χ4n) is 2.58. The molecular formula is C16H18N4O2S. The number of para-hydroxylation sites is 1. The number of aryl methyl sites for hydroxylation is 1. The zero-order chi connectivity index (χ0) is 16.2. The summed E-state index contributed by atoms with van der Waals surface area (Å²) in [5, 5.41) is 14.9. The standard InChI is InChI=1S/C16H18N4O2S/c1-2-14-19-20-16(23-14)18-13(21)8-7-11-9-10-5-3-4-6-12(10)17-15(11)22/h3-6,11H,2,7-9H2,1H3,(H,17,22)(H,18,20,21)/t11-/m1/s1. The summed E-state index contributed by atoms with van der Waals surface area (Å²) in [6.07, 6.45) is 2.29. The minimum Gasteiger partial charge on any atom is -0.326 e. The van der Waals surface area contributed by atoms with Gasteiger partial charge in [0.05, 0.1) is 0 Å². The lowest BCUT2D eigenvalue weighted by Gasteiger charge is -2.24. The first-order chi connectivity index (χ1) is 11.2. The van der Waals surface area contributed by atoms with Crippen LogP contribution in [0.15, 0.2) is 24.3 Å². The van der Waals surface area contributed by atoms with Gasteiger partial charge >= 0.3 is 0 Å². The summed E-state index contributed by atoms with van der Waals surface area (Å²) in [4.78, 5) is 24.1. The predicted molar refractivity (Wildman–Crippen MR) is 89.4 cm³/mol. The number of fused-ring (bicyclic) bond motifs is 1. The number of benzene rings is 1. The van der Waals surface area contributed by atoms with Crippen LogP contribution in [0, 0.1) is 5.92 Å². The SMILES string of the molecule is CCc1nnc(NC(=O)CC[C@@H]2Cc3ccccc3NC2=O)s1. The number of rotatable bonds is 5. The molecule has 1 aromatic heterocycles. The predicted octanol–water partition coefficient (Wildman–Crippen LogP) is 2.63. The highest BCUT2D eigenvalue weighted by Crippen LogP contribution is 2.27. The van der Waals surface area contributed by atoms with E-state index in [4.69, 9.17) is 0 Å². The van der Waals surface area contributed by atoms with Gasteiger partial charge in [0.25, 0.3) is 0 Å². The van der Waals surface area contributed by atoms with Gasteiger partial charge in [0.2, 0.25) is 16.9 Å². The average Bonchev–Trinajstić information content (AvgIpc) is 3.00. The van der Waals surface area contributed by atoms with Gasteiger partial charge in [0, 0.05) is 18.0 Å². The molecule has 2 N–H and O–H groups in total. The summed E-state index contributed by atoms with van der Waals surface area (Å²) in [6, 6.07) is 7.77. The summed E-state index contributed by atoms with van der Waals surface area (Å²) < 4.78 is 0. The van der Waals surface area contributed by atoms with Crippen molar-refractivity contribution >= 4 is 34.0 Å². The molecule has 120 valence electrons. The Bertz CT molecular complexity index is 728. The largest absolute Gasteiger partial charge is 0.326 e. The Kier molecular flexibility index (Phi) is 4.66. The third-order valence-electron chi connectivity index (χ3n) is 3.85. The van der Waals surface area contributed by atoms with Crippen LogP contribution >= 0.6 is 11.3 Å². The van der Waals surface area contributed by atoms with Crippen LogP contribution in [0.1, 0.15) is 30.3 Å². The first-order valence-corrected chi connectivity index (χ1v) is 8.48. The molecule has 1 aliphatic rings. The fourth-order valence-corrected chi connectivity index (χ4v) is 3.28. The lowest BCUT2D eigenvalue weighted by Crippen LogP contribution is -2.30. The quantitative estimate of drug-likeness (QED) is 0.882. The monoisotopic (exact) mass is 330 g/mol. The molecule has 1 atom stereocenters. The highest BCUT2D eigenvalue weighted by molar-refractivity contribution is 7.15. The van der Waals surface area contributed by atoms with Crippen molar-refractivity contribution in [3.63, 3.8) is 0 Å². The van der Waals surface area contributed by atoms with Gasteiger partial charge in [-0.2, -0.15) is 0 Å². The molecule has 0 bridgehead atoms. The Morgan fingerprint density at radius 1 is 1.39 bits per heavy atom. The van der Waals surface area contributed by atoms with Gasteiger partial charge in [0.15, 0.2) is 0 Å². The zero-order valence-corrected chi connectivity index (χ0v) is 13.7. The van der Waals surface area contributed by atoms with Crippen LogP contribution in [-0.2, 0) is 22.4 Å². The molecule has 23 heavy (non-hydrogen) atoms. The van der Waals surface area contributed by atoms with Crippen LogP contribution in [0.4, 0.5) is 10.8 Å². The second-order valence-corrected chi connectivity index (χ2v) is 6.55. The minimum atomic E-state index is -0.170. The number of carbonyl (C=O) groups is 2. The number of amides is 2. The number of nitrogens with zero attached hydrogens (tertiary/aromatic N) is 2. The van der Waals surface area contributed by atoms with E-state index in [0.29, 0.717) is 24.4 Å². The molecule has 3 rings (SSSR count). The van der Waals surface area contributed by atoms with Gasteiger partial charge < -0.3 is 10.6 Å². The molecule has 1 aromatic carbocycles. The van der Waals surface area contributed by atoms with Crippen LogP contribution in [0.5, 0.6) is 0 Å². The topological polar surface area (TPSA) is 84.0 Å². The fraction of sp³-hybridized carbons (Fsp3) is 0.375. The van der Waals surface area contributed by atoms with Gasteiger partial charge in [-0.05, 0) is 30.9 Å². The van der Waals surface area contributed by atoms with Gasteiger partial charge in [-0.15, -0.1) is 10.2 Å².